The van der Waals surface area contributed by atoms with Crippen molar-refractivity contribution in [1.29, 1.82) is 0 Å². The highest BCUT2D eigenvalue weighted by Crippen LogP contribution is 2.32. The van der Waals surface area contributed by atoms with Gasteiger partial charge in [-0.1, -0.05) is 24.3 Å². The number of methoxy groups -OCH3 is 1. The van der Waals surface area contributed by atoms with Crippen LogP contribution >= 0.6 is 0 Å². The molecule has 1 heterocycles. The summed E-state index contributed by atoms with van der Waals surface area (Å²) < 4.78 is 56.9. The minimum absolute atomic E-state index is 0.0285. The van der Waals surface area contributed by atoms with Crippen LogP contribution in [0, 0.1) is 5.82 Å². The number of rotatable bonds is 7. The lowest BCUT2D eigenvalue weighted by Gasteiger charge is -2.23. The molecule has 2 amide bonds. The van der Waals surface area contributed by atoms with Crippen LogP contribution in [0.25, 0.3) is 0 Å². The van der Waals surface area contributed by atoms with E-state index in [9.17, 15) is 27.2 Å². The molecule has 1 aliphatic rings. The molecule has 176 valence electrons. The Hall–Kier alpha value is -3.80. The van der Waals surface area contributed by atoms with Gasteiger partial charge in [-0.15, -0.1) is 0 Å². The zero-order valence-corrected chi connectivity index (χ0v) is 17.4. The SMILES string of the molecule is COc1ccc(F)cc1C(=O)NCc1ccc(C2NN(CC(F)(F)F)C(N)=C2C(N)=O)cc1. The topological polar surface area (TPSA) is 123 Å². The second-order valence-electron chi connectivity index (χ2n) is 7.20. The smallest absolute Gasteiger partial charge is 0.407 e. The molecule has 3 rings (SSSR count). The maximum Gasteiger partial charge on any atom is 0.407 e. The van der Waals surface area contributed by atoms with Gasteiger partial charge in [0.15, 0.2) is 0 Å². The molecule has 1 aliphatic heterocycles. The van der Waals surface area contributed by atoms with Gasteiger partial charge in [0.2, 0.25) is 5.91 Å². The van der Waals surface area contributed by atoms with E-state index in [0.717, 1.165) is 6.07 Å². The molecular formula is C21H21F4N5O3. The first kappa shape index (κ1) is 23.9. The number of nitrogens with zero attached hydrogens (tertiary/aromatic N) is 1. The second kappa shape index (κ2) is 9.36. The summed E-state index contributed by atoms with van der Waals surface area (Å²) in [5.41, 5.74) is 14.5. The minimum atomic E-state index is -4.55. The first-order chi connectivity index (χ1) is 15.5. The number of ether oxygens (including phenoxy) is 1. The van der Waals surface area contributed by atoms with Gasteiger partial charge in [-0.25, -0.2) is 9.82 Å². The van der Waals surface area contributed by atoms with Crippen molar-refractivity contribution < 1.29 is 31.9 Å². The number of carbonyl (C=O) groups is 2. The molecule has 1 atom stereocenters. The van der Waals surface area contributed by atoms with Gasteiger partial charge in [-0.2, -0.15) is 13.2 Å². The van der Waals surface area contributed by atoms with Crippen molar-refractivity contribution in [3.63, 3.8) is 0 Å². The number of benzene rings is 2. The molecular weight excluding hydrogens is 446 g/mol. The Balaban J connectivity index is 1.72. The summed E-state index contributed by atoms with van der Waals surface area (Å²) in [6.07, 6.45) is -4.55. The first-order valence-electron chi connectivity index (χ1n) is 9.60. The highest BCUT2D eigenvalue weighted by Gasteiger charge is 2.40. The van der Waals surface area contributed by atoms with E-state index < -0.39 is 42.2 Å². The van der Waals surface area contributed by atoms with E-state index in [4.69, 9.17) is 16.2 Å². The summed E-state index contributed by atoms with van der Waals surface area (Å²) in [5.74, 6) is -2.28. The van der Waals surface area contributed by atoms with E-state index in [0.29, 0.717) is 16.1 Å². The summed E-state index contributed by atoms with van der Waals surface area (Å²) >= 11 is 0. The van der Waals surface area contributed by atoms with Gasteiger partial charge in [0.05, 0.1) is 24.3 Å². The number of hydrogen-bond acceptors (Lipinski definition) is 6. The molecule has 2 aromatic rings. The number of alkyl halides is 3. The van der Waals surface area contributed by atoms with Crippen molar-refractivity contribution in [2.75, 3.05) is 13.7 Å². The average molecular weight is 467 g/mol. The van der Waals surface area contributed by atoms with E-state index in [2.05, 4.69) is 10.7 Å². The third-order valence-electron chi connectivity index (χ3n) is 4.92. The third-order valence-corrected chi connectivity index (χ3v) is 4.92. The van der Waals surface area contributed by atoms with Crippen LogP contribution in [-0.2, 0) is 11.3 Å². The van der Waals surface area contributed by atoms with E-state index in [1.165, 1.54) is 19.2 Å². The zero-order chi connectivity index (χ0) is 24.3. The highest BCUT2D eigenvalue weighted by molar-refractivity contribution is 5.97. The molecule has 0 bridgehead atoms. The number of carbonyl (C=O) groups excluding carboxylic acids is 2. The summed E-state index contributed by atoms with van der Waals surface area (Å²) in [6, 6.07) is 8.95. The van der Waals surface area contributed by atoms with Crippen LogP contribution < -0.4 is 26.9 Å². The van der Waals surface area contributed by atoms with Crippen LogP contribution in [0.15, 0.2) is 53.9 Å². The lowest BCUT2D eigenvalue weighted by molar-refractivity contribution is -0.147. The van der Waals surface area contributed by atoms with Gasteiger partial charge < -0.3 is 21.5 Å². The standard InChI is InChI=1S/C21H21F4N5O3/c1-33-15-7-6-13(22)8-14(15)20(32)28-9-11-2-4-12(5-3-11)17-16(19(27)31)18(26)30(29-17)10-21(23,24)25/h2-8,17,29H,9-10,26H2,1H3,(H2,27,31)(H,28,32). The maximum atomic E-state index is 13.5. The summed E-state index contributed by atoms with van der Waals surface area (Å²) in [7, 11) is 1.36. The van der Waals surface area contributed by atoms with Gasteiger partial charge >= 0.3 is 6.18 Å². The number of hydrogen-bond donors (Lipinski definition) is 4. The van der Waals surface area contributed by atoms with Crippen LogP contribution in [0.3, 0.4) is 0 Å². The van der Waals surface area contributed by atoms with Gasteiger partial charge in [0.1, 0.15) is 23.9 Å². The van der Waals surface area contributed by atoms with E-state index in [1.54, 1.807) is 24.3 Å². The van der Waals surface area contributed by atoms with Crippen LogP contribution in [0.4, 0.5) is 17.6 Å². The van der Waals surface area contributed by atoms with E-state index >= 15 is 0 Å². The predicted octanol–water partition coefficient (Wildman–Crippen LogP) is 1.84. The van der Waals surface area contributed by atoms with E-state index in [-0.39, 0.29) is 23.4 Å². The molecule has 6 N–H and O–H groups in total. The maximum absolute atomic E-state index is 13.5. The Labute approximate surface area is 186 Å². The number of nitrogens with two attached hydrogens (primary N) is 2. The third kappa shape index (κ3) is 5.52. The predicted molar refractivity (Wildman–Crippen MR) is 110 cm³/mol. The average Bonchev–Trinajstić information content (AvgIpc) is 3.07. The molecule has 0 saturated carbocycles. The number of hydrazine groups is 1. The fraction of sp³-hybridized carbons (Fsp3) is 0.238. The van der Waals surface area contributed by atoms with Crippen LogP contribution in [0.1, 0.15) is 27.5 Å². The fourth-order valence-corrected chi connectivity index (χ4v) is 3.37. The monoisotopic (exact) mass is 467 g/mol. The second-order valence-corrected chi connectivity index (χ2v) is 7.20. The molecule has 0 aliphatic carbocycles. The summed E-state index contributed by atoms with van der Waals surface area (Å²) in [6.45, 7) is -1.32. The van der Waals surface area contributed by atoms with Crippen LogP contribution in [0.5, 0.6) is 5.75 Å². The normalized spacial score (nSPS) is 16.2. The molecule has 0 saturated heterocycles. The Kier molecular flexibility index (Phi) is 6.77. The molecule has 33 heavy (non-hydrogen) atoms. The Morgan fingerprint density at radius 1 is 1.18 bits per heavy atom. The fourth-order valence-electron chi connectivity index (χ4n) is 3.37. The molecule has 12 heteroatoms. The number of nitrogens with one attached hydrogen (secondary N) is 2. The van der Waals surface area contributed by atoms with Crippen molar-refractivity contribution >= 4 is 11.8 Å². The quantitative estimate of drug-likeness (QED) is 0.461. The number of halogens is 4. The van der Waals surface area contributed by atoms with Crippen molar-refractivity contribution in [2.45, 2.75) is 18.8 Å². The molecule has 2 aromatic carbocycles. The number of amides is 2. The largest absolute Gasteiger partial charge is 0.496 e. The minimum Gasteiger partial charge on any atom is -0.496 e. The lowest BCUT2D eigenvalue weighted by atomic mass is 9.98. The van der Waals surface area contributed by atoms with Gasteiger partial charge in [0, 0.05) is 6.54 Å². The van der Waals surface area contributed by atoms with Crippen molar-refractivity contribution in [3.8, 4) is 5.75 Å². The van der Waals surface area contributed by atoms with Crippen LogP contribution in [-0.4, -0.2) is 36.7 Å². The Morgan fingerprint density at radius 3 is 2.42 bits per heavy atom. The zero-order valence-electron chi connectivity index (χ0n) is 17.4. The number of primary amides is 1. The molecule has 0 aromatic heterocycles. The van der Waals surface area contributed by atoms with E-state index in [1.807, 2.05) is 0 Å². The van der Waals surface area contributed by atoms with Gasteiger partial charge in [0.25, 0.3) is 5.91 Å². The lowest BCUT2D eigenvalue weighted by Crippen LogP contribution is -2.42. The molecule has 8 nitrogen and oxygen atoms in total. The van der Waals surface area contributed by atoms with Gasteiger partial charge in [-0.05, 0) is 29.3 Å². The summed E-state index contributed by atoms with van der Waals surface area (Å²) in [5, 5.41) is 3.27. The molecule has 0 fully saturated rings. The molecule has 0 spiro atoms. The highest BCUT2D eigenvalue weighted by atomic mass is 19.4. The van der Waals surface area contributed by atoms with Crippen molar-refractivity contribution in [1.82, 2.24) is 15.8 Å². The molecule has 0 radical (unpaired) electrons. The Morgan fingerprint density at radius 2 is 1.85 bits per heavy atom. The Bertz CT molecular complexity index is 1090. The molecule has 1 unspecified atom stereocenters. The summed E-state index contributed by atoms with van der Waals surface area (Å²) in [4.78, 5) is 24.2. The van der Waals surface area contributed by atoms with Crippen molar-refractivity contribution in [3.05, 3.63) is 76.4 Å². The first-order valence-corrected chi connectivity index (χ1v) is 9.60. The van der Waals surface area contributed by atoms with Crippen molar-refractivity contribution in [2.24, 2.45) is 11.5 Å². The van der Waals surface area contributed by atoms with Crippen LogP contribution in [0.2, 0.25) is 0 Å². The van der Waals surface area contributed by atoms with Gasteiger partial charge in [-0.3, -0.25) is 14.6 Å².